The monoisotopic (exact) mass is 169 g/mol. The van der Waals surface area contributed by atoms with Crippen LogP contribution in [0.4, 0.5) is 0 Å². The van der Waals surface area contributed by atoms with E-state index in [1.807, 2.05) is 0 Å². The maximum Gasteiger partial charge on any atom is -0.00849 e. The van der Waals surface area contributed by atoms with Crippen LogP contribution in [0.3, 0.4) is 0 Å². The Balaban J connectivity index is 2.27. The summed E-state index contributed by atoms with van der Waals surface area (Å²) < 4.78 is 0. The van der Waals surface area contributed by atoms with Gasteiger partial charge in [0.1, 0.15) is 0 Å². The van der Waals surface area contributed by atoms with E-state index in [1.54, 1.807) is 0 Å². The average molecular weight is 169 g/mol. The molecule has 0 saturated heterocycles. The van der Waals surface area contributed by atoms with Crippen molar-refractivity contribution < 1.29 is 0 Å². The van der Waals surface area contributed by atoms with Gasteiger partial charge in [-0.1, -0.05) is 43.3 Å². The lowest BCUT2D eigenvalue weighted by atomic mass is 10.0. The zero-order valence-corrected chi connectivity index (χ0v) is 7.88. The lowest BCUT2D eigenvalue weighted by molar-refractivity contribution is 1.14. The van der Waals surface area contributed by atoms with Gasteiger partial charge in [0.2, 0.25) is 0 Å². The summed E-state index contributed by atoms with van der Waals surface area (Å²) in [5.74, 6) is 0. The second-order valence-electron chi connectivity index (χ2n) is 3.25. The van der Waals surface area contributed by atoms with Crippen LogP contribution in [0.15, 0.2) is 36.4 Å². The van der Waals surface area contributed by atoms with Crippen molar-refractivity contribution >= 4 is 5.57 Å². The number of allylic oxidation sites excluding steroid dienone is 4. The molecule has 0 atom stereocenters. The Morgan fingerprint density at radius 3 is 2.54 bits per heavy atom. The molecule has 0 amide bonds. The quantitative estimate of drug-likeness (QED) is 0.636. The summed E-state index contributed by atoms with van der Waals surface area (Å²) in [5.41, 5.74) is 3.92. The molecule has 0 nitrogen and oxygen atoms in total. The molecule has 1 aromatic carbocycles. The van der Waals surface area contributed by atoms with Crippen LogP contribution in [-0.4, -0.2) is 0 Å². The van der Waals surface area contributed by atoms with Crippen molar-refractivity contribution in [2.75, 3.05) is 0 Å². The minimum atomic E-state index is 0.963. The van der Waals surface area contributed by atoms with E-state index in [0.717, 1.165) is 12.8 Å². The number of benzene rings is 1. The second-order valence-corrected chi connectivity index (χ2v) is 3.25. The van der Waals surface area contributed by atoms with Gasteiger partial charge in [-0.3, -0.25) is 0 Å². The Morgan fingerprint density at radius 1 is 1.23 bits per heavy atom. The van der Waals surface area contributed by atoms with Crippen LogP contribution < -0.4 is 0 Å². The standard InChI is InChI=1S/C13H13/c1-2-11-7-9-13(10-8-11)12-5-3-4-6-12/h3,5,7-10H,2,4H2,1H3. The topological polar surface area (TPSA) is 0 Å². The van der Waals surface area contributed by atoms with E-state index in [-0.39, 0.29) is 0 Å². The molecule has 0 saturated carbocycles. The highest BCUT2D eigenvalue weighted by atomic mass is 14.1. The summed E-state index contributed by atoms with van der Waals surface area (Å²) in [6.45, 7) is 2.18. The van der Waals surface area contributed by atoms with E-state index >= 15 is 0 Å². The van der Waals surface area contributed by atoms with Crippen molar-refractivity contribution in [2.45, 2.75) is 19.8 Å². The fourth-order valence-corrected chi connectivity index (χ4v) is 1.52. The van der Waals surface area contributed by atoms with Crippen LogP contribution in [0, 0.1) is 6.08 Å². The largest absolute Gasteiger partial charge is 0.0795 e. The number of aryl methyl sites for hydroxylation is 1. The highest BCUT2D eigenvalue weighted by molar-refractivity contribution is 5.74. The van der Waals surface area contributed by atoms with Crippen LogP contribution in [0.1, 0.15) is 24.5 Å². The van der Waals surface area contributed by atoms with Gasteiger partial charge < -0.3 is 0 Å². The smallest absolute Gasteiger partial charge is 0.00849 e. The van der Waals surface area contributed by atoms with Gasteiger partial charge in [0.25, 0.3) is 0 Å². The average Bonchev–Trinajstić information content (AvgIpc) is 2.71. The predicted molar refractivity (Wildman–Crippen MR) is 56.2 cm³/mol. The van der Waals surface area contributed by atoms with Crippen molar-refractivity contribution in [3.05, 3.63) is 53.6 Å². The SMILES string of the molecule is CCc1ccc(C2=[C]CC=C2)cc1. The molecule has 1 radical (unpaired) electrons. The maximum atomic E-state index is 3.32. The Bertz CT molecular complexity index is 339. The van der Waals surface area contributed by atoms with Crippen molar-refractivity contribution in [1.29, 1.82) is 0 Å². The third-order valence-electron chi connectivity index (χ3n) is 2.37. The normalized spacial score (nSPS) is 14.7. The highest BCUT2D eigenvalue weighted by Gasteiger charge is 2.00. The maximum absolute atomic E-state index is 3.32. The van der Waals surface area contributed by atoms with Crippen LogP contribution in [0.2, 0.25) is 0 Å². The van der Waals surface area contributed by atoms with Crippen LogP contribution >= 0.6 is 0 Å². The van der Waals surface area contributed by atoms with Crippen molar-refractivity contribution in [3.63, 3.8) is 0 Å². The second kappa shape index (κ2) is 3.61. The first kappa shape index (κ1) is 8.31. The van der Waals surface area contributed by atoms with Gasteiger partial charge in [0.05, 0.1) is 0 Å². The van der Waals surface area contributed by atoms with Gasteiger partial charge in [-0.25, -0.2) is 0 Å². The zero-order chi connectivity index (χ0) is 9.10. The molecule has 0 unspecified atom stereocenters. The van der Waals surface area contributed by atoms with E-state index in [2.05, 4.69) is 49.4 Å². The molecule has 0 aromatic heterocycles. The zero-order valence-electron chi connectivity index (χ0n) is 7.88. The van der Waals surface area contributed by atoms with Crippen LogP contribution in [-0.2, 0) is 6.42 Å². The molecule has 0 aliphatic heterocycles. The van der Waals surface area contributed by atoms with Gasteiger partial charge in [0.15, 0.2) is 0 Å². The molecule has 1 aliphatic rings. The van der Waals surface area contributed by atoms with Gasteiger partial charge in [-0.15, -0.1) is 0 Å². The number of hydrogen-bond acceptors (Lipinski definition) is 0. The molecule has 65 valence electrons. The van der Waals surface area contributed by atoms with Gasteiger partial charge in [-0.05, 0) is 35.6 Å². The molecule has 2 rings (SSSR count). The first-order chi connectivity index (χ1) is 6.40. The third kappa shape index (κ3) is 1.72. The van der Waals surface area contributed by atoms with Crippen LogP contribution in [0.25, 0.3) is 5.57 Å². The Hall–Kier alpha value is -1.30. The minimum Gasteiger partial charge on any atom is -0.0795 e. The molecule has 0 N–H and O–H groups in total. The summed E-state index contributed by atoms with van der Waals surface area (Å²) in [4.78, 5) is 0. The molecule has 1 aromatic rings. The van der Waals surface area contributed by atoms with E-state index in [9.17, 15) is 0 Å². The summed E-state index contributed by atoms with van der Waals surface area (Å²) in [6, 6.07) is 8.74. The molecule has 13 heavy (non-hydrogen) atoms. The lowest BCUT2D eigenvalue weighted by Gasteiger charge is -2.01. The third-order valence-corrected chi connectivity index (χ3v) is 2.37. The Kier molecular flexibility index (Phi) is 2.31. The van der Waals surface area contributed by atoms with Crippen molar-refractivity contribution in [2.24, 2.45) is 0 Å². The fraction of sp³-hybridized carbons (Fsp3) is 0.231. The summed E-state index contributed by atoms with van der Waals surface area (Å²) in [6.07, 6.45) is 9.67. The van der Waals surface area contributed by atoms with E-state index in [1.165, 1.54) is 16.7 Å². The summed E-state index contributed by atoms with van der Waals surface area (Å²) in [7, 11) is 0. The Labute approximate surface area is 79.6 Å². The molecular formula is C13H13. The van der Waals surface area contributed by atoms with Gasteiger partial charge in [-0.2, -0.15) is 0 Å². The molecule has 0 bridgehead atoms. The van der Waals surface area contributed by atoms with Gasteiger partial charge >= 0.3 is 0 Å². The first-order valence-electron chi connectivity index (χ1n) is 4.77. The van der Waals surface area contributed by atoms with E-state index < -0.39 is 0 Å². The molecule has 0 heterocycles. The Morgan fingerprint density at radius 2 is 2.00 bits per heavy atom. The lowest BCUT2D eigenvalue weighted by Crippen LogP contribution is -1.82. The molecule has 1 aliphatic carbocycles. The first-order valence-corrected chi connectivity index (χ1v) is 4.77. The fourth-order valence-electron chi connectivity index (χ4n) is 1.52. The van der Waals surface area contributed by atoms with Crippen LogP contribution in [0.5, 0.6) is 0 Å². The van der Waals surface area contributed by atoms with Crippen molar-refractivity contribution in [1.82, 2.24) is 0 Å². The number of hydrogen-bond donors (Lipinski definition) is 0. The van der Waals surface area contributed by atoms with Crippen molar-refractivity contribution in [3.8, 4) is 0 Å². The molecule has 0 fully saturated rings. The molecular weight excluding hydrogens is 156 g/mol. The van der Waals surface area contributed by atoms with Gasteiger partial charge in [0, 0.05) is 0 Å². The molecule has 0 heteroatoms. The predicted octanol–water partition coefficient (Wildman–Crippen LogP) is 3.40. The minimum absolute atomic E-state index is 0.963. The summed E-state index contributed by atoms with van der Waals surface area (Å²) >= 11 is 0. The molecule has 0 spiro atoms. The summed E-state index contributed by atoms with van der Waals surface area (Å²) in [5, 5.41) is 0. The van der Waals surface area contributed by atoms with E-state index in [4.69, 9.17) is 0 Å². The highest BCUT2D eigenvalue weighted by Crippen LogP contribution is 2.21. The number of rotatable bonds is 2. The van der Waals surface area contributed by atoms with E-state index in [0.29, 0.717) is 0 Å².